The van der Waals surface area contributed by atoms with Gasteiger partial charge < -0.3 is 14.8 Å². The largest absolute Gasteiger partial charge is 0.497 e. The molecule has 0 radical (unpaired) electrons. The second-order valence-electron chi connectivity index (χ2n) is 7.96. The Morgan fingerprint density at radius 2 is 1.88 bits per heavy atom. The van der Waals surface area contributed by atoms with Crippen LogP contribution in [0.15, 0.2) is 72.6 Å². The first kappa shape index (κ1) is 21.0. The molecular formula is C25H17Cl2FN4O2. The third-order valence-electron chi connectivity index (χ3n) is 6.05. The number of fused-ring (bicyclic) bond motifs is 3. The number of methoxy groups -OCH3 is 1. The molecule has 9 heteroatoms. The van der Waals surface area contributed by atoms with E-state index in [1.807, 2.05) is 30.3 Å². The van der Waals surface area contributed by atoms with Crippen LogP contribution in [0.3, 0.4) is 0 Å². The van der Waals surface area contributed by atoms with Crippen LogP contribution in [-0.2, 0) is 0 Å². The summed E-state index contributed by atoms with van der Waals surface area (Å²) in [6, 6.07) is 17.0. The molecule has 0 amide bonds. The number of anilines is 1. The molecule has 0 fully saturated rings. The molecule has 6 rings (SSSR count). The van der Waals surface area contributed by atoms with Crippen molar-refractivity contribution in [1.82, 2.24) is 14.8 Å². The Labute approximate surface area is 204 Å². The lowest BCUT2D eigenvalue weighted by atomic mass is 9.84. The van der Waals surface area contributed by atoms with E-state index in [2.05, 4.69) is 15.4 Å². The van der Waals surface area contributed by atoms with Crippen LogP contribution in [-0.4, -0.2) is 21.9 Å². The first-order valence-electron chi connectivity index (χ1n) is 10.5. The van der Waals surface area contributed by atoms with Gasteiger partial charge in [0.2, 0.25) is 5.95 Å². The van der Waals surface area contributed by atoms with E-state index in [9.17, 15) is 4.39 Å². The van der Waals surface area contributed by atoms with Crippen molar-refractivity contribution in [2.24, 2.45) is 0 Å². The maximum atomic E-state index is 14.3. The fourth-order valence-corrected chi connectivity index (χ4v) is 5.03. The quantitative estimate of drug-likeness (QED) is 0.362. The summed E-state index contributed by atoms with van der Waals surface area (Å²) in [5, 5.41) is 8.81. The fraction of sp³-hybridized carbons (Fsp3) is 0.120. The molecule has 0 unspecified atom stereocenters. The topological polar surface area (TPSA) is 61.2 Å². The van der Waals surface area contributed by atoms with Gasteiger partial charge in [0.1, 0.15) is 35.8 Å². The highest BCUT2D eigenvalue weighted by Crippen LogP contribution is 2.51. The van der Waals surface area contributed by atoms with Crippen LogP contribution in [0.1, 0.15) is 28.8 Å². The molecule has 2 aliphatic rings. The van der Waals surface area contributed by atoms with Gasteiger partial charge in [0.25, 0.3) is 0 Å². The second-order valence-corrected chi connectivity index (χ2v) is 8.81. The standard InChI is InChI=1S/C25H17Cl2FN4O2/c1-33-16-6-2-13(3-7-16)24-21-22(18-11-15(28)5-9-20(18)34-24)31-25-29-12-30-32(25)23(21)17-8-4-14(26)10-19(17)27/h2-12,23-24H,1H3,(H,29,30,31)/t23-,24-/m0/s1. The monoisotopic (exact) mass is 494 g/mol. The number of hydrogen-bond acceptors (Lipinski definition) is 5. The Morgan fingerprint density at radius 1 is 1.06 bits per heavy atom. The molecule has 0 bridgehead atoms. The van der Waals surface area contributed by atoms with Crippen LogP contribution >= 0.6 is 23.2 Å². The number of aromatic nitrogens is 3. The van der Waals surface area contributed by atoms with Crippen LogP contribution in [0.4, 0.5) is 10.3 Å². The minimum Gasteiger partial charge on any atom is -0.497 e. The summed E-state index contributed by atoms with van der Waals surface area (Å²) < 4.78 is 27.9. The van der Waals surface area contributed by atoms with Gasteiger partial charge in [-0.05, 0) is 53.6 Å². The van der Waals surface area contributed by atoms with E-state index in [0.717, 1.165) is 22.4 Å². The molecule has 34 heavy (non-hydrogen) atoms. The molecule has 2 atom stereocenters. The molecule has 3 heterocycles. The predicted octanol–water partition coefficient (Wildman–Crippen LogP) is 6.29. The van der Waals surface area contributed by atoms with Crippen molar-refractivity contribution in [2.45, 2.75) is 12.1 Å². The minimum absolute atomic E-state index is 0.369. The summed E-state index contributed by atoms with van der Waals surface area (Å²) in [6.07, 6.45) is 0.952. The second kappa shape index (κ2) is 8.04. The third-order valence-corrected chi connectivity index (χ3v) is 6.61. The van der Waals surface area contributed by atoms with Gasteiger partial charge in [-0.1, -0.05) is 41.4 Å². The van der Waals surface area contributed by atoms with E-state index in [0.29, 0.717) is 33.0 Å². The number of halogens is 3. The summed E-state index contributed by atoms with van der Waals surface area (Å²) in [6.45, 7) is 0. The average molecular weight is 495 g/mol. The molecule has 6 nitrogen and oxygen atoms in total. The van der Waals surface area contributed by atoms with Gasteiger partial charge in [-0.3, -0.25) is 0 Å². The zero-order valence-electron chi connectivity index (χ0n) is 17.8. The number of rotatable bonds is 3. The van der Waals surface area contributed by atoms with E-state index >= 15 is 0 Å². The Balaban J connectivity index is 1.63. The molecule has 0 saturated carbocycles. The van der Waals surface area contributed by atoms with E-state index < -0.39 is 12.1 Å². The molecule has 170 valence electrons. The Morgan fingerprint density at radius 3 is 2.65 bits per heavy atom. The number of hydrogen-bond donors (Lipinski definition) is 1. The maximum absolute atomic E-state index is 14.3. The average Bonchev–Trinajstić information content (AvgIpc) is 3.31. The third kappa shape index (κ3) is 3.31. The molecule has 1 aromatic heterocycles. The van der Waals surface area contributed by atoms with Gasteiger partial charge in [0.15, 0.2) is 0 Å². The van der Waals surface area contributed by atoms with E-state index in [1.54, 1.807) is 30.0 Å². The first-order valence-corrected chi connectivity index (χ1v) is 11.2. The normalized spacial score (nSPS) is 18.4. The van der Waals surface area contributed by atoms with Gasteiger partial charge in [0, 0.05) is 21.2 Å². The van der Waals surface area contributed by atoms with E-state index in [4.69, 9.17) is 32.7 Å². The maximum Gasteiger partial charge on any atom is 0.226 e. The number of ether oxygens (including phenoxy) is 2. The van der Waals surface area contributed by atoms with E-state index in [-0.39, 0.29) is 5.82 Å². The molecule has 3 aromatic carbocycles. The summed E-state index contributed by atoms with van der Waals surface area (Å²) in [5.41, 5.74) is 3.80. The summed E-state index contributed by atoms with van der Waals surface area (Å²) >= 11 is 12.9. The van der Waals surface area contributed by atoms with Gasteiger partial charge in [-0.25, -0.2) is 9.07 Å². The van der Waals surface area contributed by atoms with Crippen molar-refractivity contribution in [3.05, 3.63) is 105 Å². The van der Waals surface area contributed by atoms with E-state index in [1.165, 1.54) is 18.5 Å². The molecule has 0 aliphatic carbocycles. The Kier molecular flexibility index (Phi) is 4.97. The Hall–Kier alpha value is -3.55. The van der Waals surface area contributed by atoms with Crippen LogP contribution in [0.2, 0.25) is 10.0 Å². The van der Waals surface area contributed by atoms with Crippen molar-refractivity contribution in [3.63, 3.8) is 0 Å². The molecule has 4 aromatic rings. The summed E-state index contributed by atoms with van der Waals surface area (Å²) in [7, 11) is 1.62. The van der Waals surface area contributed by atoms with Gasteiger partial charge in [-0.15, -0.1) is 0 Å². The lowest BCUT2D eigenvalue weighted by molar-refractivity contribution is 0.222. The van der Waals surface area contributed by atoms with Crippen molar-refractivity contribution in [2.75, 3.05) is 12.4 Å². The lowest BCUT2D eigenvalue weighted by Crippen LogP contribution is -2.32. The fourth-order valence-electron chi connectivity index (χ4n) is 4.52. The highest BCUT2D eigenvalue weighted by molar-refractivity contribution is 6.35. The molecule has 1 N–H and O–H groups in total. The number of nitrogens with zero attached hydrogens (tertiary/aromatic N) is 3. The summed E-state index contributed by atoms with van der Waals surface area (Å²) in [5.74, 6) is 1.43. The molecule has 0 spiro atoms. The molecule has 2 aliphatic heterocycles. The lowest BCUT2D eigenvalue weighted by Gasteiger charge is -2.39. The number of benzene rings is 3. The highest BCUT2D eigenvalue weighted by atomic mass is 35.5. The smallest absolute Gasteiger partial charge is 0.226 e. The minimum atomic E-state index is -0.513. The van der Waals surface area contributed by atoms with Gasteiger partial charge in [0.05, 0.1) is 12.8 Å². The van der Waals surface area contributed by atoms with Crippen LogP contribution in [0, 0.1) is 5.82 Å². The van der Waals surface area contributed by atoms with Crippen LogP contribution in [0.25, 0.3) is 5.70 Å². The number of nitrogens with one attached hydrogen (secondary N) is 1. The van der Waals surface area contributed by atoms with Gasteiger partial charge in [-0.2, -0.15) is 10.1 Å². The summed E-state index contributed by atoms with van der Waals surface area (Å²) in [4.78, 5) is 4.37. The Bertz CT molecular complexity index is 1450. The van der Waals surface area contributed by atoms with Crippen molar-refractivity contribution < 1.29 is 13.9 Å². The van der Waals surface area contributed by atoms with Crippen molar-refractivity contribution in [1.29, 1.82) is 0 Å². The van der Waals surface area contributed by atoms with Crippen molar-refractivity contribution in [3.8, 4) is 11.5 Å². The molecule has 0 saturated heterocycles. The highest BCUT2D eigenvalue weighted by Gasteiger charge is 2.41. The zero-order valence-corrected chi connectivity index (χ0v) is 19.3. The van der Waals surface area contributed by atoms with Crippen molar-refractivity contribution >= 4 is 34.8 Å². The SMILES string of the molecule is COc1ccc([C@@H]2Oc3ccc(F)cc3C3=C2[C@H](c2ccc(Cl)cc2Cl)n2ncnc2N3)cc1. The molecular weight excluding hydrogens is 478 g/mol. The zero-order chi connectivity index (χ0) is 23.4. The van der Waals surface area contributed by atoms with Crippen LogP contribution < -0.4 is 14.8 Å². The predicted molar refractivity (Wildman–Crippen MR) is 128 cm³/mol. The van der Waals surface area contributed by atoms with Gasteiger partial charge >= 0.3 is 0 Å². The first-order chi connectivity index (χ1) is 16.5. The van der Waals surface area contributed by atoms with Crippen LogP contribution in [0.5, 0.6) is 11.5 Å².